The van der Waals surface area contributed by atoms with E-state index in [-0.39, 0.29) is 30.9 Å². The van der Waals surface area contributed by atoms with Crippen molar-refractivity contribution in [2.75, 3.05) is 26.2 Å². The lowest BCUT2D eigenvalue weighted by Gasteiger charge is -2.43. The Morgan fingerprint density at radius 3 is 2.32 bits per heavy atom. The normalized spacial score (nSPS) is 20.5. The highest BCUT2D eigenvalue weighted by Crippen LogP contribution is 2.44. The van der Waals surface area contributed by atoms with Gasteiger partial charge in [-0.3, -0.25) is 4.90 Å². The van der Waals surface area contributed by atoms with Crippen LogP contribution in [0.25, 0.3) is 0 Å². The molecule has 1 atom stereocenters. The second-order valence-corrected chi connectivity index (χ2v) is 5.72. The Labute approximate surface area is 141 Å². The van der Waals surface area contributed by atoms with Crippen LogP contribution < -0.4 is 5.32 Å². The van der Waals surface area contributed by atoms with Crippen LogP contribution in [0.3, 0.4) is 0 Å². The molecule has 0 spiro atoms. The van der Waals surface area contributed by atoms with E-state index < -0.39 is 17.4 Å². The van der Waals surface area contributed by atoms with Crippen LogP contribution in [0.15, 0.2) is 12.1 Å². The van der Waals surface area contributed by atoms with Crippen molar-refractivity contribution in [3.63, 3.8) is 0 Å². The van der Waals surface area contributed by atoms with Crippen molar-refractivity contribution in [2.45, 2.75) is 25.3 Å². The van der Waals surface area contributed by atoms with E-state index >= 15 is 0 Å². The minimum absolute atomic E-state index is 0. The lowest BCUT2D eigenvalue weighted by molar-refractivity contribution is 0.0814. The molecular weight excluding hydrogens is 333 g/mol. The monoisotopic (exact) mass is 354 g/mol. The smallest absolute Gasteiger partial charge is 0.200 e. The predicted octanol–water partition coefficient (Wildman–Crippen LogP) is 3.26. The molecule has 22 heavy (non-hydrogen) atoms. The van der Waals surface area contributed by atoms with Crippen molar-refractivity contribution in [1.82, 2.24) is 10.2 Å². The number of hydrogen-bond donors (Lipinski definition) is 2. The molecule has 0 bridgehead atoms. The van der Waals surface area contributed by atoms with Gasteiger partial charge in [0.25, 0.3) is 0 Å². The number of phenolic OH excluding ortho intramolecular Hbond substituents is 1. The van der Waals surface area contributed by atoms with Gasteiger partial charge >= 0.3 is 0 Å². The Bertz CT molecular complexity index is 495. The topological polar surface area (TPSA) is 35.5 Å². The van der Waals surface area contributed by atoms with E-state index in [0.29, 0.717) is 11.5 Å². The maximum absolute atomic E-state index is 13.6. The highest BCUT2D eigenvalue weighted by atomic mass is 35.5. The molecule has 1 aliphatic carbocycles. The van der Waals surface area contributed by atoms with Crippen LogP contribution in [-0.2, 0) is 0 Å². The zero-order valence-corrected chi connectivity index (χ0v) is 13.9. The summed E-state index contributed by atoms with van der Waals surface area (Å²) >= 11 is 0. The Balaban J connectivity index is 0.00000121. The summed E-state index contributed by atoms with van der Waals surface area (Å²) in [6.45, 7) is 3.54. The summed E-state index contributed by atoms with van der Waals surface area (Å²) in [6, 6.07) is 2.66. The van der Waals surface area contributed by atoms with E-state index in [1.54, 1.807) is 6.07 Å². The number of aromatic hydroxyl groups is 1. The number of hydrogen-bond acceptors (Lipinski definition) is 3. The summed E-state index contributed by atoms with van der Waals surface area (Å²) in [7, 11) is 0. The average molecular weight is 355 g/mol. The molecular formula is C15H22Cl2F2N2O. The maximum Gasteiger partial charge on any atom is 0.200 e. The van der Waals surface area contributed by atoms with E-state index in [1.807, 2.05) is 0 Å². The van der Waals surface area contributed by atoms with E-state index in [9.17, 15) is 13.9 Å². The van der Waals surface area contributed by atoms with Crippen LogP contribution in [-0.4, -0.2) is 36.2 Å². The second kappa shape index (κ2) is 8.29. The third kappa shape index (κ3) is 3.65. The number of benzene rings is 1. The summed E-state index contributed by atoms with van der Waals surface area (Å²) in [5.41, 5.74) is 0.538. The Morgan fingerprint density at radius 1 is 1.14 bits per heavy atom. The summed E-state index contributed by atoms with van der Waals surface area (Å²) in [6.07, 6.45) is 3.36. The fourth-order valence-corrected chi connectivity index (χ4v) is 3.26. The van der Waals surface area contributed by atoms with Crippen LogP contribution in [0.4, 0.5) is 8.78 Å². The SMILES string of the molecule is Cl.Cl.Oc1c([C@@H](C2CCC2)N2CCNCC2)ccc(F)c1F. The third-order valence-corrected chi connectivity index (χ3v) is 4.56. The molecule has 0 amide bonds. The number of rotatable bonds is 3. The molecule has 0 unspecified atom stereocenters. The first kappa shape index (κ1) is 19.4. The van der Waals surface area contributed by atoms with Crippen LogP contribution >= 0.6 is 24.8 Å². The largest absolute Gasteiger partial charge is 0.505 e. The first-order valence-electron chi connectivity index (χ1n) is 7.30. The molecule has 7 heteroatoms. The molecule has 3 rings (SSSR count). The fourth-order valence-electron chi connectivity index (χ4n) is 3.26. The third-order valence-electron chi connectivity index (χ3n) is 4.56. The number of halogens is 4. The van der Waals surface area contributed by atoms with E-state index in [4.69, 9.17) is 0 Å². The molecule has 1 aliphatic heterocycles. The standard InChI is InChI=1S/C15H20F2N2O.2ClH/c16-12-5-4-11(15(20)13(12)17)14(10-2-1-3-10)19-8-6-18-7-9-19;;/h4-5,10,14,18,20H,1-3,6-9H2;2*1H/t14-;;/m1../s1. The van der Waals surface area contributed by atoms with Gasteiger partial charge in [0.05, 0.1) is 0 Å². The average Bonchev–Trinajstić information content (AvgIpc) is 2.42. The fraction of sp³-hybridized carbons (Fsp3) is 0.600. The zero-order valence-electron chi connectivity index (χ0n) is 12.2. The van der Waals surface area contributed by atoms with Crippen molar-refractivity contribution in [2.24, 2.45) is 5.92 Å². The predicted molar refractivity (Wildman–Crippen MR) is 87.0 cm³/mol. The van der Waals surface area contributed by atoms with Gasteiger partial charge in [0.1, 0.15) is 0 Å². The van der Waals surface area contributed by atoms with Crippen LogP contribution in [0, 0.1) is 17.6 Å². The molecule has 2 aliphatic rings. The summed E-state index contributed by atoms with van der Waals surface area (Å²) in [5.74, 6) is -2.19. The van der Waals surface area contributed by atoms with Crippen molar-refractivity contribution in [1.29, 1.82) is 0 Å². The Hall–Kier alpha value is -0.620. The van der Waals surface area contributed by atoms with Gasteiger partial charge in [0.2, 0.25) is 5.82 Å². The van der Waals surface area contributed by atoms with Crippen molar-refractivity contribution < 1.29 is 13.9 Å². The van der Waals surface area contributed by atoms with Gasteiger partial charge in [-0.2, -0.15) is 4.39 Å². The minimum atomic E-state index is -1.12. The minimum Gasteiger partial charge on any atom is -0.505 e. The highest BCUT2D eigenvalue weighted by molar-refractivity contribution is 5.85. The summed E-state index contributed by atoms with van der Waals surface area (Å²) in [4.78, 5) is 2.28. The van der Waals surface area contributed by atoms with Gasteiger partial charge in [-0.15, -0.1) is 24.8 Å². The van der Waals surface area contributed by atoms with Crippen LogP contribution in [0.2, 0.25) is 0 Å². The van der Waals surface area contributed by atoms with Crippen molar-refractivity contribution in [3.05, 3.63) is 29.3 Å². The number of phenols is 1. The van der Waals surface area contributed by atoms with Gasteiger partial charge in [-0.05, 0) is 24.8 Å². The zero-order chi connectivity index (χ0) is 14.1. The molecule has 2 fully saturated rings. The number of piperazine rings is 1. The van der Waals surface area contributed by atoms with E-state index in [2.05, 4.69) is 10.2 Å². The van der Waals surface area contributed by atoms with Crippen LogP contribution in [0.5, 0.6) is 5.75 Å². The first-order chi connectivity index (χ1) is 9.68. The second-order valence-electron chi connectivity index (χ2n) is 5.72. The van der Waals surface area contributed by atoms with Gasteiger partial charge < -0.3 is 10.4 Å². The quantitative estimate of drug-likeness (QED) is 0.874. The summed E-state index contributed by atoms with van der Waals surface area (Å²) < 4.78 is 26.9. The molecule has 1 aromatic rings. The Morgan fingerprint density at radius 2 is 1.77 bits per heavy atom. The molecule has 1 saturated carbocycles. The van der Waals surface area contributed by atoms with Gasteiger partial charge in [-0.25, -0.2) is 4.39 Å². The molecule has 126 valence electrons. The van der Waals surface area contributed by atoms with Crippen LogP contribution in [0.1, 0.15) is 30.9 Å². The molecule has 0 radical (unpaired) electrons. The molecule has 2 N–H and O–H groups in total. The van der Waals surface area contributed by atoms with Crippen molar-refractivity contribution in [3.8, 4) is 5.75 Å². The lowest BCUT2D eigenvalue weighted by atomic mass is 9.76. The molecule has 1 saturated heterocycles. The van der Waals surface area contributed by atoms with Gasteiger partial charge in [0.15, 0.2) is 11.6 Å². The maximum atomic E-state index is 13.6. The summed E-state index contributed by atoms with van der Waals surface area (Å²) in [5, 5.41) is 13.3. The lowest BCUT2D eigenvalue weighted by Crippen LogP contribution is -2.47. The Kier molecular flexibility index (Phi) is 7.32. The first-order valence-corrected chi connectivity index (χ1v) is 7.30. The van der Waals surface area contributed by atoms with E-state index in [0.717, 1.165) is 45.1 Å². The molecule has 1 aromatic carbocycles. The highest BCUT2D eigenvalue weighted by Gasteiger charge is 2.35. The molecule has 1 heterocycles. The van der Waals surface area contributed by atoms with Crippen molar-refractivity contribution >= 4 is 24.8 Å². The van der Waals surface area contributed by atoms with Gasteiger partial charge in [-0.1, -0.05) is 12.5 Å². The van der Waals surface area contributed by atoms with E-state index in [1.165, 1.54) is 6.42 Å². The number of nitrogens with one attached hydrogen (secondary N) is 1. The molecule has 3 nitrogen and oxygen atoms in total. The molecule has 0 aromatic heterocycles. The number of nitrogens with zero attached hydrogens (tertiary/aromatic N) is 1. The van der Waals surface area contributed by atoms with Gasteiger partial charge in [0, 0.05) is 37.8 Å².